The van der Waals surface area contributed by atoms with Crippen LogP contribution in [-0.2, 0) is 4.74 Å². The summed E-state index contributed by atoms with van der Waals surface area (Å²) in [6.07, 6.45) is 0.121. The molecule has 1 aromatic rings. The molecule has 0 aromatic heterocycles. The number of halogens is 2. The first-order valence-electron chi connectivity index (χ1n) is 4.83. The van der Waals surface area contributed by atoms with Crippen LogP contribution in [0.5, 0.6) is 0 Å². The predicted molar refractivity (Wildman–Crippen MR) is 59.4 cm³/mol. The van der Waals surface area contributed by atoms with E-state index in [4.69, 9.17) is 22.1 Å². The van der Waals surface area contributed by atoms with Gasteiger partial charge in [-0.15, -0.1) is 0 Å². The standard InChI is InChI=1S/C11H15ClFNO/c1-7(2)15-6-11(14)9-4-3-8(13)5-10(9)12/h3-5,7,11H,6,14H2,1-2H3. The van der Waals surface area contributed by atoms with Gasteiger partial charge in [0.15, 0.2) is 0 Å². The van der Waals surface area contributed by atoms with Crippen LogP contribution in [0.4, 0.5) is 4.39 Å². The lowest BCUT2D eigenvalue weighted by molar-refractivity contribution is 0.0683. The Morgan fingerprint density at radius 2 is 2.13 bits per heavy atom. The zero-order chi connectivity index (χ0) is 11.4. The van der Waals surface area contributed by atoms with Gasteiger partial charge in [-0.05, 0) is 31.5 Å². The molecule has 0 aliphatic carbocycles. The van der Waals surface area contributed by atoms with E-state index >= 15 is 0 Å². The van der Waals surface area contributed by atoms with Crippen molar-refractivity contribution in [3.05, 3.63) is 34.6 Å². The van der Waals surface area contributed by atoms with Gasteiger partial charge in [-0.1, -0.05) is 17.7 Å². The summed E-state index contributed by atoms with van der Waals surface area (Å²) in [6.45, 7) is 4.24. The minimum atomic E-state index is -0.360. The molecule has 0 saturated carbocycles. The Labute approximate surface area is 94.2 Å². The molecule has 0 fully saturated rings. The van der Waals surface area contributed by atoms with Crippen molar-refractivity contribution in [1.29, 1.82) is 0 Å². The van der Waals surface area contributed by atoms with Crippen LogP contribution in [0.25, 0.3) is 0 Å². The van der Waals surface area contributed by atoms with Crippen molar-refractivity contribution in [2.45, 2.75) is 26.0 Å². The first-order chi connectivity index (χ1) is 7.00. The summed E-state index contributed by atoms with van der Waals surface area (Å²) < 4.78 is 18.1. The second-order valence-electron chi connectivity index (χ2n) is 3.65. The summed E-state index contributed by atoms with van der Waals surface area (Å²) in [5.74, 6) is -0.360. The molecule has 0 bridgehead atoms. The summed E-state index contributed by atoms with van der Waals surface area (Å²) >= 11 is 5.86. The minimum Gasteiger partial charge on any atom is -0.377 e. The topological polar surface area (TPSA) is 35.2 Å². The lowest BCUT2D eigenvalue weighted by atomic mass is 10.1. The fourth-order valence-corrected chi connectivity index (χ4v) is 1.50. The Morgan fingerprint density at radius 3 is 2.67 bits per heavy atom. The van der Waals surface area contributed by atoms with Gasteiger partial charge in [0.2, 0.25) is 0 Å². The molecule has 2 N–H and O–H groups in total. The van der Waals surface area contributed by atoms with Crippen LogP contribution in [0, 0.1) is 5.82 Å². The molecule has 1 aromatic carbocycles. The van der Waals surface area contributed by atoms with Crippen LogP contribution in [0.15, 0.2) is 18.2 Å². The first kappa shape index (κ1) is 12.4. The van der Waals surface area contributed by atoms with Crippen LogP contribution in [0.1, 0.15) is 25.5 Å². The normalized spacial score (nSPS) is 13.2. The second-order valence-corrected chi connectivity index (χ2v) is 4.06. The van der Waals surface area contributed by atoms with Crippen LogP contribution in [-0.4, -0.2) is 12.7 Å². The van der Waals surface area contributed by atoms with Gasteiger partial charge in [0.25, 0.3) is 0 Å². The highest BCUT2D eigenvalue weighted by Gasteiger charge is 2.11. The molecular formula is C11H15ClFNO. The van der Waals surface area contributed by atoms with E-state index in [2.05, 4.69) is 0 Å². The third kappa shape index (κ3) is 3.78. The van der Waals surface area contributed by atoms with E-state index in [-0.39, 0.29) is 18.0 Å². The maximum absolute atomic E-state index is 12.8. The fraction of sp³-hybridized carbons (Fsp3) is 0.455. The Morgan fingerprint density at radius 1 is 1.47 bits per heavy atom. The molecule has 0 spiro atoms. The Hall–Kier alpha value is -0.640. The summed E-state index contributed by atoms with van der Waals surface area (Å²) in [7, 11) is 0. The van der Waals surface area contributed by atoms with Crippen LogP contribution >= 0.6 is 11.6 Å². The Kier molecular flexibility index (Phi) is 4.51. The number of hydrogen-bond donors (Lipinski definition) is 1. The highest BCUT2D eigenvalue weighted by molar-refractivity contribution is 6.31. The molecule has 1 atom stereocenters. The maximum Gasteiger partial charge on any atom is 0.124 e. The Bertz CT molecular complexity index is 330. The van der Waals surface area contributed by atoms with Gasteiger partial charge in [-0.2, -0.15) is 0 Å². The molecule has 4 heteroatoms. The van der Waals surface area contributed by atoms with E-state index in [1.165, 1.54) is 12.1 Å². The largest absolute Gasteiger partial charge is 0.377 e. The zero-order valence-corrected chi connectivity index (χ0v) is 9.59. The summed E-state index contributed by atoms with van der Waals surface area (Å²) in [5.41, 5.74) is 6.57. The number of benzene rings is 1. The fourth-order valence-electron chi connectivity index (χ4n) is 1.19. The van der Waals surface area contributed by atoms with Crippen molar-refractivity contribution in [3.63, 3.8) is 0 Å². The van der Waals surface area contributed by atoms with Gasteiger partial charge in [0, 0.05) is 5.02 Å². The van der Waals surface area contributed by atoms with Crippen molar-refractivity contribution in [3.8, 4) is 0 Å². The molecule has 0 aliphatic rings. The first-order valence-corrected chi connectivity index (χ1v) is 5.20. The van der Waals surface area contributed by atoms with E-state index in [1.807, 2.05) is 13.8 Å². The van der Waals surface area contributed by atoms with Gasteiger partial charge < -0.3 is 10.5 Å². The molecule has 2 nitrogen and oxygen atoms in total. The van der Waals surface area contributed by atoms with Gasteiger partial charge in [0.05, 0.1) is 18.8 Å². The SMILES string of the molecule is CC(C)OCC(N)c1ccc(F)cc1Cl. The second kappa shape index (κ2) is 5.45. The van der Waals surface area contributed by atoms with Crippen LogP contribution < -0.4 is 5.73 Å². The van der Waals surface area contributed by atoms with E-state index in [1.54, 1.807) is 6.07 Å². The average Bonchev–Trinajstić information content (AvgIpc) is 2.14. The van der Waals surface area contributed by atoms with Crippen molar-refractivity contribution in [1.82, 2.24) is 0 Å². The summed E-state index contributed by atoms with van der Waals surface area (Å²) in [4.78, 5) is 0. The molecule has 84 valence electrons. The molecular weight excluding hydrogens is 217 g/mol. The lowest BCUT2D eigenvalue weighted by Crippen LogP contribution is -2.20. The van der Waals surface area contributed by atoms with E-state index < -0.39 is 0 Å². The van der Waals surface area contributed by atoms with E-state index in [0.717, 1.165) is 0 Å². The molecule has 0 radical (unpaired) electrons. The van der Waals surface area contributed by atoms with Crippen LogP contribution in [0.2, 0.25) is 5.02 Å². The maximum atomic E-state index is 12.8. The van der Waals surface area contributed by atoms with Gasteiger partial charge in [-0.3, -0.25) is 0 Å². The van der Waals surface area contributed by atoms with Gasteiger partial charge in [0.1, 0.15) is 5.82 Å². The average molecular weight is 232 g/mol. The molecule has 0 amide bonds. The Balaban J connectivity index is 2.69. The van der Waals surface area contributed by atoms with E-state index in [9.17, 15) is 4.39 Å². The smallest absolute Gasteiger partial charge is 0.124 e. The number of hydrogen-bond acceptors (Lipinski definition) is 2. The number of rotatable bonds is 4. The zero-order valence-electron chi connectivity index (χ0n) is 8.84. The molecule has 0 aliphatic heterocycles. The molecule has 1 unspecified atom stereocenters. The monoisotopic (exact) mass is 231 g/mol. The lowest BCUT2D eigenvalue weighted by Gasteiger charge is -2.15. The van der Waals surface area contributed by atoms with Crippen LogP contribution in [0.3, 0.4) is 0 Å². The van der Waals surface area contributed by atoms with Crippen molar-refractivity contribution in [2.75, 3.05) is 6.61 Å². The highest BCUT2D eigenvalue weighted by atomic mass is 35.5. The summed E-state index contributed by atoms with van der Waals surface area (Å²) in [5, 5.41) is 0.342. The van der Waals surface area contributed by atoms with Crippen molar-refractivity contribution >= 4 is 11.6 Å². The van der Waals surface area contributed by atoms with Crippen molar-refractivity contribution < 1.29 is 9.13 Å². The number of ether oxygens (including phenoxy) is 1. The number of nitrogens with two attached hydrogens (primary N) is 1. The molecule has 15 heavy (non-hydrogen) atoms. The third-order valence-corrected chi connectivity index (χ3v) is 2.30. The molecule has 1 rings (SSSR count). The van der Waals surface area contributed by atoms with Gasteiger partial charge in [-0.25, -0.2) is 4.39 Å². The minimum absolute atomic E-state index is 0.121. The third-order valence-electron chi connectivity index (χ3n) is 1.97. The molecule has 0 heterocycles. The summed E-state index contributed by atoms with van der Waals surface area (Å²) in [6, 6.07) is 3.87. The predicted octanol–water partition coefficient (Wildman–Crippen LogP) is 2.90. The molecule has 0 saturated heterocycles. The van der Waals surface area contributed by atoms with E-state index in [0.29, 0.717) is 17.2 Å². The quantitative estimate of drug-likeness (QED) is 0.865. The van der Waals surface area contributed by atoms with Crippen molar-refractivity contribution in [2.24, 2.45) is 5.73 Å². The van der Waals surface area contributed by atoms with Gasteiger partial charge >= 0.3 is 0 Å². The highest BCUT2D eigenvalue weighted by Crippen LogP contribution is 2.22.